The number of aromatic nitrogens is 16. The molecule has 16 rings (SSSR count). The Labute approximate surface area is 620 Å². The van der Waals surface area contributed by atoms with Crippen LogP contribution in [0, 0.1) is 55.4 Å². The normalized spacial score (nSPS) is 9.15. The van der Waals surface area contributed by atoms with E-state index in [-0.39, 0.29) is 0 Å². The van der Waals surface area contributed by atoms with E-state index < -0.39 is 0 Å². The number of hydrogen-bond acceptors (Lipinski definition) is 16. The Hall–Kier alpha value is -11.5. The predicted octanol–water partition coefficient (Wildman–Crippen LogP) is 23.7. The number of pyridine rings is 14. The van der Waals surface area contributed by atoms with Gasteiger partial charge in [0.05, 0.1) is 39.3 Å². The van der Waals surface area contributed by atoms with Crippen LogP contribution in [-0.2, 0) is 0 Å². The average molecular weight is 1390 g/mol. The van der Waals surface area contributed by atoms with Crippen LogP contribution in [0.25, 0.3) is 87.2 Å². The Morgan fingerprint density at radius 1 is 0.202 bits per heavy atom. The fourth-order valence-corrected chi connectivity index (χ4v) is 8.68. The van der Waals surface area contributed by atoms with Gasteiger partial charge in [-0.1, -0.05) is 129 Å². The van der Waals surface area contributed by atoms with Crippen LogP contribution in [0.15, 0.2) is 245 Å². The molecular formula is C88H112N16. The molecule has 0 aliphatic rings. The van der Waals surface area contributed by atoms with Gasteiger partial charge in [0.15, 0.2) is 5.65 Å². The van der Waals surface area contributed by atoms with Gasteiger partial charge in [-0.2, -0.15) is 0 Å². The van der Waals surface area contributed by atoms with Crippen molar-refractivity contribution >= 4 is 87.2 Å². The maximum Gasteiger partial charge on any atom is 0.159 e. The lowest BCUT2D eigenvalue weighted by atomic mass is 10.2. The molecule has 0 radical (unpaired) electrons. The zero-order valence-electron chi connectivity index (χ0n) is 66.2. The average Bonchev–Trinajstić information content (AvgIpc) is 0.897. The summed E-state index contributed by atoms with van der Waals surface area (Å²) in [5.74, 6) is 0. The van der Waals surface area contributed by atoms with Crippen LogP contribution >= 0.6 is 0 Å². The van der Waals surface area contributed by atoms with Crippen molar-refractivity contribution in [2.45, 2.75) is 166 Å². The minimum Gasteiger partial charge on any atom is -0.264 e. The highest BCUT2D eigenvalue weighted by atomic mass is 14.8. The highest BCUT2D eigenvalue weighted by Gasteiger charge is 1.99. The molecule has 15 heterocycles. The molecule has 0 aliphatic heterocycles. The van der Waals surface area contributed by atoms with Crippen LogP contribution in [0.3, 0.4) is 0 Å². The van der Waals surface area contributed by atoms with Crippen molar-refractivity contribution in [3.63, 3.8) is 0 Å². The van der Waals surface area contributed by atoms with Gasteiger partial charge in [0.2, 0.25) is 0 Å². The number of para-hydroxylation sites is 1. The van der Waals surface area contributed by atoms with E-state index in [1.807, 2.05) is 331 Å². The summed E-state index contributed by atoms with van der Waals surface area (Å²) in [6, 6.07) is 41.9. The summed E-state index contributed by atoms with van der Waals surface area (Å²) in [7, 11) is 0. The second-order valence-electron chi connectivity index (χ2n) is 20.4. The lowest BCUT2D eigenvalue weighted by Gasteiger charge is -1.96. The first-order valence-electron chi connectivity index (χ1n) is 36.2. The Morgan fingerprint density at radius 2 is 0.635 bits per heavy atom. The molecule has 0 unspecified atom stereocenters. The first-order chi connectivity index (χ1) is 50.9. The molecule has 0 bridgehead atoms. The molecule has 16 heteroatoms. The summed E-state index contributed by atoms with van der Waals surface area (Å²) < 4.78 is 0. The molecule has 0 amide bonds. The van der Waals surface area contributed by atoms with E-state index in [0.29, 0.717) is 0 Å². The molecule has 16 aromatic rings. The van der Waals surface area contributed by atoms with E-state index in [9.17, 15) is 0 Å². The van der Waals surface area contributed by atoms with Crippen LogP contribution in [0.1, 0.15) is 156 Å². The van der Waals surface area contributed by atoms with Crippen LogP contribution in [0.5, 0.6) is 0 Å². The molecule has 0 atom stereocenters. The van der Waals surface area contributed by atoms with Crippen molar-refractivity contribution in [1.29, 1.82) is 0 Å². The van der Waals surface area contributed by atoms with Crippen molar-refractivity contribution in [3.8, 4) is 0 Å². The fraction of sp³-hybridized carbons (Fsp3) is 0.273. The zero-order chi connectivity index (χ0) is 77.5. The van der Waals surface area contributed by atoms with Crippen LogP contribution in [0.4, 0.5) is 0 Å². The van der Waals surface area contributed by atoms with Gasteiger partial charge >= 0.3 is 0 Å². The first-order valence-corrected chi connectivity index (χ1v) is 36.2. The SMILES string of the molecule is CC.CC.CC.CC.CC.CC.CC.CC.Cc1cc2ccncc2cn1.Cc1cc2cnccc2cn1.Cc1cc2ncccc2cn1.Cc1cnc2cccnc2c1.Cc1cnc2ccncc2c1.Cc1cnc2cnccc2c1.Cc1cnc2ncccc2c1.Cc1ncnc2ccccc12. The Bertz CT molecular complexity index is 4140. The van der Waals surface area contributed by atoms with Gasteiger partial charge in [0.25, 0.3) is 0 Å². The maximum atomic E-state index is 4.24. The summed E-state index contributed by atoms with van der Waals surface area (Å²) in [6.07, 6.45) is 34.3. The highest BCUT2D eigenvalue weighted by Crippen LogP contribution is 2.16. The topological polar surface area (TPSA) is 206 Å². The molecule has 0 spiro atoms. The third-order valence-electron chi connectivity index (χ3n) is 13.1. The monoisotopic (exact) mass is 1390 g/mol. The molecule has 0 aliphatic carbocycles. The van der Waals surface area contributed by atoms with E-state index in [4.69, 9.17) is 0 Å². The van der Waals surface area contributed by atoms with Gasteiger partial charge in [-0.15, -0.1) is 0 Å². The molecule has 15 aromatic heterocycles. The molecule has 0 N–H and O–H groups in total. The summed E-state index contributed by atoms with van der Waals surface area (Å²) in [5, 5.41) is 10.2. The Kier molecular flexibility index (Phi) is 48.0. The van der Waals surface area contributed by atoms with Crippen LogP contribution < -0.4 is 0 Å². The van der Waals surface area contributed by atoms with E-state index in [1.165, 1.54) is 22.1 Å². The van der Waals surface area contributed by atoms with Gasteiger partial charge in [0, 0.05) is 171 Å². The largest absolute Gasteiger partial charge is 0.264 e. The first kappa shape index (κ1) is 90.5. The third-order valence-corrected chi connectivity index (χ3v) is 13.1. The summed E-state index contributed by atoms with van der Waals surface area (Å²) in [5.41, 5.74) is 15.5. The summed E-state index contributed by atoms with van der Waals surface area (Å²) >= 11 is 0. The third kappa shape index (κ3) is 32.4. The van der Waals surface area contributed by atoms with Crippen molar-refractivity contribution in [1.82, 2.24) is 79.7 Å². The molecule has 0 fully saturated rings. The summed E-state index contributed by atoms with van der Waals surface area (Å²) in [6.45, 7) is 48.0. The minimum atomic E-state index is 0.818. The second kappa shape index (κ2) is 55.2. The Balaban J connectivity index is 0.000000578. The lowest BCUT2D eigenvalue weighted by molar-refractivity contribution is 1.15. The van der Waals surface area contributed by atoms with Gasteiger partial charge in [-0.25, -0.2) is 19.9 Å². The number of aryl methyl sites for hydroxylation is 8. The predicted molar refractivity (Wildman–Crippen MR) is 445 cm³/mol. The zero-order valence-corrected chi connectivity index (χ0v) is 66.2. The molecule has 1 aromatic carbocycles. The number of benzene rings is 1. The Morgan fingerprint density at radius 3 is 1.27 bits per heavy atom. The van der Waals surface area contributed by atoms with Crippen molar-refractivity contribution in [3.05, 3.63) is 290 Å². The number of fused-ring (bicyclic) bond motifs is 8. The van der Waals surface area contributed by atoms with E-state index in [1.54, 1.807) is 55.9 Å². The van der Waals surface area contributed by atoms with Gasteiger partial charge < -0.3 is 0 Å². The molecule has 544 valence electrons. The van der Waals surface area contributed by atoms with E-state index >= 15 is 0 Å². The molecule has 0 saturated carbocycles. The van der Waals surface area contributed by atoms with Crippen molar-refractivity contribution < 1.29 is 0 Å². The smallest absolute Gasteiger partial charge is 0.159 e. The van der Waals surface area contributed by atoms with E-state index in [2.05, 4.69) is 104 Å². The molecule has 104 heavy (non-hydrogen) atoms. The molecular weight excluding hydrogens is 1280 g/mol. The van der Waals surface area contributed by atoms with Crippen LogP contribution in [-0.4, -0.2) is 79.7 Å². The van der Waals surface area contributed by atoms with Crippen molar-refractivity contribution in [2.24, 2.45) is 0 Å². The fourth-order valence-electron chi connectivity index (χ4n) is 8.68. The molecule has 0 saturated heterocycles. The van der Waals surface area contributed by atoms with Crippen molar-refractivity contribution in [2.75, 3.05) is 0 Å². The number of hydrogen-bond donors (Lipinski definition) is 0. The summed E-state index contributed by atoms with van der Waals surface area (Å²) in [4.78, 5) is 66.1. The minimum absolute atomic E-state index is 0.818. The van der Waals surface area contributed by atoms with Gasteiger partial charge in [-0.05, 0) is 192 Å². The second-order valence-corrected chi connectivity index (χ2v) is 20.4. The molecule has 16 nitrogen and oxygen atoms in total. The lowest BCUT2D eigenvalue weighted by Crippen LogP contribution is -1.85. The quantitative estimate of drug-likeness (QED) is 0.138. The maximum absolute atomic E-state index is 4.24. The van der Waals surface area contributed by atoms with Gasteiger partial charge in [-0.3, -0.25) is 59.8 Å². The van der Waals surface area contributed by atoms with Gasteiger partial charge in [0.1, 0.15) is 6.33 Å². The standard InChI is InChI=1S/8C9H8N2.8C2H6/c1-7-4-9-5-10-3-2-8(9)6-11-7;1-7-4-8-2-3-10-5-9(8)6-11-7;1-7-4-8-6-10-3-2-9(8)11-5-7;1-7-4-8-2-3-10-6-9(8)11-5-7;1-7-5-9-8(6-11-7)3-2-4-10-9;1-7-5-9-8(11-6-7)3-2-4-10-9;1-7-5-8-3-2-4-10-9(8)11-6-7;1-7-8-4-2-3-5-9(8)11-6-10-7;8*1-2/h8*2-6H,1H3;8*1-2H3. The number of rotatable bonds is 0. The highest BCUT2D eigenvalue weighted by molar-refractivity contribution is 5.83. The number of nitrogens with zero attached hydrogens (tertiary/aromatic N) is 16. The van der Waals surface area contributed by atoms with Crippen LogP contribution in [0.2, 0.25) is 0 Å². The van der Waals surface area contributed by atoms with E-state index in [0.717, 1.165) is 110 Å².